The zero-order chi connectivity index (χ0) is 15.0. The summed E-state index contributed by atoms with van der Waals surface area (Å²) in [6, 6.07) is 0.302. The van der Waals surface area contributed by atoms with Gasteiger partial charge in [-0.3, -0.25) is 9.69 Å². The van der Waals surface area contributed by atoms with E-state index in [0.29, 0.717) is 32.2 Å². The lowest BCUT2D eigenvalue weighted by atomic mass is 9.94. The number of nitrogens with two attached hydrogens (primary N) is 1. The summed E-state index contributed by atoms with van der Waals surface area (Å²) < 4.78 is 27.9. The van der Waals surface area contributed by atoms with Crippen molar-refractivity contribution in [2.24, 2.45) is 11.7 Å². The number of nitrogens with zero attached hydrogens (tertiary/aromatic N) is 3. The highest BCUT2D eigenvalue weighted by atomic mass is 32.2. The third kappa shape index (κ3) is 2.94. The van der Waals surface area contributed by atoms with Crippen LogP contribution in [0.1, 0.15) is 25.7 Å². The fraction of sp³-hybridized carbons (Fsp3) is 0.923. The van der Waals surface area contributed by atoms with Crippen LogP contribution in [0.25, 0.3) is 0 Å². The largest absolute Gasteiger partial charge is 0.369 e. The Balaban J connectivity index is 1.49. The van der Waals surface area contributed by atoms with Crippen LogP contribution in [-0.4, -0.2) is 73.1 Å². The van der Waals surface area contributed by atoms with Gasteiger partial charge in [0.2, 0.25) is 5.91 Å². The number of primary amides is 1. The standard InChI is InChI=1S/C13H24N4O3S/c14-13(18)11-3-7-15(8-4-11)12-9-17(10-12)21(19,20)16-5-1-2-6-16/h11-12H,1-10H2,(H2,14,18). The first-order valence-corrected chi connectivity index (χ1v) is 9.17. The molecular weight excluding hydrogens is 292 g/mol. The molecule has 3 rings (SSSR count). The Hall–Kier alpha value is -0.700. The number of likely N-dealkylation sites (tertiary alicyclic amines) is 1. The molecule has 120 valence electrons. The van der Waals surface area contributed by atoms with E-state index < -0.39 is 10.2 Å². The lowest BCUT2D eigenvalue weighted by Gasteiger charge is -2.47. The van der Waals surface area contributed by atoms with Gasteiger partial charge in [0.25, 0.3) is 10.2 Å². The van der Waals surface area contributed by atoms with Crippen LogP contribution in [-0.2, 0) is 15.0 Å². The Bertz CT molecular complexity index is 490. The molecule has 0 unspecified atom stereocenters. The highest BCUT2D eigenvalue weighted by Gasteiger charge is 2.43. The van der Waals surface area contributed by atoms with E-state index in [9.17, 15) is 13.2 Å². The van der Waals surface area contributed by atoms with Gasteiger partial charge in [-0.2, -0.15) is 17.0 Å². The number of hydrogen-bond donors (Lipinski definition) is 1. The van der Waals surface area contributed by atoms with Crippen molar-refractivity contribution < 1.29 is 13.2 Å². The minimum absolute atomic E-state index is 0.00855. The molecule has 0 aromatic carbocycles. The first-order chi connectivity index (χ1) is 9.98. The summed E-state index contributed by atoms with van der Waals surface area (Å²) in [5.74, 6) is -0.216. The second kappa shape index (κ2) is 5.83. The second-order valence-electron chi connectivity index (χ2n) is 6.30. The molecule has 3 heterocycles. The number of hydrogen-bond acceptors (Lipinski definition) is 4. The molecule has 3 aliphatic rings. The lowest BCUT2D eigenvalue weighted by Crippen LogP contribution is -2.64. The van der Waals surface area contributed by atoms with Crippen LogP contribution in [0, 0.1) is 5.92 Å². The van der Waals surface area contributed by atoms with Crippen molar-refractivity contribution in [2.45, 2.75) is 31.7 Å². The second-order valence-corrected chi connectivity index (χ2v) is 8.23. The summed E-state index contributed by atoms with van der Waals surface area (Å²) >= 11 is 0. The Morgan fingerprint density at radius 3 is 2.05 bits per heavy atom. The molecule has 1 amide bonds. The Morgan fingerprint density at radius 2 is 1.52 bits per heavy atom. The molecule has 0 saturated carbocycles. The summed E-state index contributed by atoms with van der Waals surface area (Å²) in [6.07, 6.45) is 3.53. The molecule has 3 saturated heterocycles. The van der Waals surface area contributed by atoms with Crippen LogP contribution >= 0.6 is 0 Å². The summed E-state index contributed by atoms with van der Waals surface area (Å²) in [5.41, 5.74) is 5.33. The van der Waals surface area contributed by atoms with Gasteiger partial charge < -0.3 is 5.73 Å². The summed E-state index contributed by atoms with van der Waals surface area (Å²) in [5, 5.41) is 0. The van der Waals surface area contributed by atoms with Crippen LogP contribution in [0.3, 0.4) is 0 Å². The van der Waals surface area contributed by atoms with E-state index in [1.165, 1.54) is 0 Å². The molecule has 0 aliphatic carbocycles. The van der Waals surface area contributed by atoms with Crippen molar-refractivity contribution >= 4 is 16.1 Å². The van der Waals surface area contributed by atoms with E-state index in [-0.39, 0.29) is 11.8 Å². The SMILES string of the molecule is NC(=O)C1CCN(C2CN(S(=O)(=O)N3CCCC3)C2)CC1. The predicted octanol–water partition coefficient (Wildman–Crippen LogP) is -0.791. The smallest absolute Gasteiger partial charge is 0.282 e. The van der Waals surface area contributed by atoms with Crippen molar-refractivity contribution in [3.8, 4) is 0 Å². The first-order valence-electron chi connectivity index (χ1n) is 7.77. The van der Waals surface area contributed by atoms with Crippen molar-refractivity contribution in [3.63, 3.8) is 0 Å². The molecule has 2 N–H and O–H groups in total. The minimum atomic E-state index is -3.23. The molecule has 0 aromatic heterocycles. The van der Waals surface area contributed by atoms with Crippen LogP contribution in [0.4, 0.5) is 0 Å². The number of carbonyl (C=O) groups is 1. The molecule has 21 heavy (non-hydrogen) atoms. The normalized spacial score (nSPS) is 27.8. The van der Waals surface area contributed by atoms with Gasteiger partial charge in [0.1, 0.15) is 0 Å². The van der Waals surface area contributed by atoms with Crippen molar-refractivity contribution in [1.82, 2.24) is 13.5 Å². The van der Waals surface area contributed by atoms with E-state index in [4.69, 9.17) is 5.73 Å². The van der Waals surface area contributed by atoms with Gasteiger partial charge in [-0.25, -0.2) is 0 Å². The molecule has 0 spiro atoms. The number of carbonyl (C=O) groups excluding carboxylic acids is 1. The molecule has 0 radical (unpaired) electrons. The van der Waals surface area contributed by atoms with Crippen LogP contribution in [0.2, 0.25) is 0 Å². The van der Waals surface area contributed by atoms with Crippen LogP contribution in [0.5, 0.6) is 0 Å². The van der Waals surface area contributed by atoms with E-state index >= 15 is 0 Å². The van der Waals surface area contributed by atoms with Gasteiger partial charge in [-0.15, -0.1) is 0 Å². The molecule has 7 nitrogen and oxygen atoms in total. The third-order valence-electron chi connectivity index (χ3n) is 4.99. The highest BCUT2D eigenvalue weighted by Crippen LogP contribution is 2.27. The predicted molar refractivity (Wildman–Crippen MR) is 78.6 cm³/mol. The molecule has 0 atom stereocenters. The van der Waals surface area contributed by atoms with Gasteiger partial charge in [-0.05, 0) is 38.8 Å². The van der Waals surface area contributed by atoms with Gasteiger partial charge in [-0.1, -0.05) is 0 Å². The number of amides is 1. The van der Waals surface area contributed by atoms with E-state index in [0.717, 1.165) is 38.8 Å². The summed E-state index contributed by atoms with van der Waals surface area (Å²) in [7, 11) is -3.23. The van der Waals surface area contributed by atoms with E-state index in [2.05, 4.69) is 4.90 Å². The number of piperidine rings is 1. The quantitative estimate of drug-likeness (QED) is 0.736. The Kier molecular flexibility index (Phi) is 4.22. The molecular formula is C13H24N4O3S. The van der Waals surface area contributed by atoms with Crippen LogP contribution < -0.4 is 5.73 Å². The zero-order valence-corrected chi connectivity index (χ0v) is 13.1. The molecule has 8 heteroatoms. The maximum Gasteiger partial charge on any atom is 0.282 e. The topological polar surface area (TPSA) is 87.0 Å². The monoisotopic (exact) mass is 316 g/mol. The van der Waals surface area contributed by atoms with Gasteiger partial charge >= 0.3 is 0 Å². The van der Waals surface area contributed by atoms with Gasteiger partial charge in [0.05, 0.1) is 0 Å². The van der Waals surface area contributed by atoms with E-state index in [1.807, 2.05) is 0 Å². The summed E-state index contributed by atoms with van der Waals surface area (Å²) in [6.45, 7) is 4.17. The van der Waals surface area contributed by atoms with Crippen molar-refractivity contribution in [2.75, 3.05) is 39.3 Å². The fourth-order valence-electron chi connectivity index (χ4n) is 3.47. The average molecular weight is 316 g/mol. The van der Waals surface area contributed by atoms with Crippen molar-refractivity contribution in [3.05, 3.63) is 0 Å². The molecule has 3 aliphatic heterocycles. The maximum absolute atomic E-state index is 12.4. The molecule has 3 fully saturated rings. The van der Waals surface area contributed by atoms with Gasteiger partial charge in [0, 0.05) is 38.1 Å². The van der Waals surface area contributed by atoms with Crippen LogP contribution in [0.15, 0.2) is 0 Å². The zero-order valence-electron chi connectivity index (χ0n) is 12.3. The number of rotatable bonds is 4. The highest BCUT2D eigenvalue weighted by molar-refractivity contribution is 7.86. The third-order valence-corrected chi connectivity index (χ3v) is 6.96. The average Bonchev–Trinajstić information content (AvgIpc) is 2.91. The Morgan fingerprint density at radius 1 is 0.952 bits per heavy atom. The summed E-state index contributed by atoms with van der Waals surface area (Å²) in [4.78, 5) is 13.5. The minimum Gasteiger partial charge on any atom is -0.369 e. The fourth-order valence-corrected chi connectivity index (χ4v) is 5.23. The first kappa shape index (κ1) is 15.2. The molecule has 0 aromatic rings. The Labute approximate surface area is 126 Å². The van der Waals surface area contributed by atoms with E-state index in [1.54, 1.807) is 8.61 Å². The van der Waals surface area contributed by atoms with Gasteiger partial charge in [0.15, 0.2) is 0 Å². The molecule has 0 bridgehead atoms. The maximum atomic E-state index is 12.4. The lowest BCUT2D eigenvalue weighted by molar-refractivity contribution is -0.123. The van der Waals surface area contributed by atoms with Crippen molar-refractivity contribution in [1.29, 1.82) is 0 Å².